The molecule has 0 spiro atoms. The number of nitrogens with one attached hydrogen (secondary N) is 1. The van der Waals surface area contributed by atoms with Gasteiger partial charge in [0, 0.05) is 37.3 Å². The van der Waals surface area contributed by atoms with Gasteiger partial charge in [0.05, 0.1) is 12.2 Å². The second-order valence-electron chi connectivity index (χ2n) is 6.89. The third-order valence-electron chi connectivity index (χ3n) is 5.15. The van der Waals surface area contributed by atoms with Gasteiger partial charge in [-0.05, 0) is 32.9 Å². The highest BCUT2D eigenvalue weighted by Crippen LogP contribution is 2.29. The number of rotatable bonds is 7. The number of hydrogen-bond acceptors (Lipinski definition) is 5. The summed E-state index contributed by atoms with van der Waals surface area (Å²) in [6.07, 6.45) is 6.28. The first-order valence-corrected chi connectivity index (χ1v) is 9.27. The normalized spacial score (nSPS) is 18.3. The van der Waals surface area contributed by atoms with Crippen LogP contribution in [0.15, 0.2) is 12.4 Å². The number of nitrogens with zero attached hydrogens (tertiary/aromatic N) is 5. The Bertz CT molecular complexity index is 723. The van der Waals surface area contributed by atoms with E-state index in [1.165, 1.54) is 0 Å². The molecule has 0 radical (unpaired) electrons. The molecule has 0 aromatic carbocycles. The van der Waals surface area contributed by atoms with Gasteiger partial charge in [-0.1, -0.05) is 13.8 Å². The van der Waals surface area contributed by atoms with Gasteiger partial charge in [-0.2, -0.15) is 5.10 Å². The lowest BCUT2D eigenvalue weighted by molar-refractivity contribution is -0.125. The van der Waals surface area contributed by atoms with Crippen molar-refractivity contribution in [2.24, 2.45) is 5.92 Å². The second kappa shape index (κ2) is 7.91. The molecule has 7 heteroatoms. The van der Waals surface area contributed by atoms with Gasteiger partial charge in [0.1, 0.15) is 5.52 Å². The summed E-state index contributed by atoms with van der Waals surface area (Å²) in [4.78, 5) is 23.4. The van der Waals surface area contributed by atoms with Crippen LogP contribution in [0.5, 0.6) is 0 Å². The van der Waals surface area contributed by atoms with Gasteiger partial charge in [-0.3, -0.25) is 4.79 Å². The number of likely N-dealkylation sites (tertiary alicyclic amines) is 1. The Balaban J connectivity index is 1.72. The lowest BCUT2D eigenvalue weighted by atomic mass is 10.0. The first kappa shape index (κ1) is 17.8. The molecule has 3 rings (SSSR count). The SMILES string of the molecule is CCC(CC)C(=O)NCCn1nc([C@@H]2CCN(C)C2)c2nccnc21. The van der Waals surface area contributed by atoms with E-state index in [1.54, 1.807) is 12.4 Å². The van der Waals surface area contributed by atoms with E-state index < -0.39 is 0 Å². The monoisotopic (exact) mass is 344 g/mol. The van der Waals surface area contributed by atoms with Crippen LogP contribution in [-0.2, 0) is 11.3 Å². The summed E-state index contributed by atoms with van der Waals surface area (Å²) in [5, 5.41) is 7.83. The van der Waals surface area contributed by atoms with Crippen LogP contribution in [0.1, 0.15) is 44.7 Å². The summed E-state index contributed by atoms with van der Waals surface area (Å²) < 4.78 is 1.89. The number of aromatic nitrogens is 4. The fourth-order valence-corrected chi connectivity index (χ4v) is 3.60. The predicted octanol–water partition coefficient (Wildman–Crippen LogP) is 1.80. The van der Waals surface area contributed by atoms with Crippen LogP contribution in [0.4, 0.5) is 0 Å². The van der Waals surface area contributed by atoms with Gasteiger partial charge < -0.3 is 10.2 Å². The molecular weight excluding hydrogens is 316 g/mol. The smallest absolute Gasteiger partial charge is 0.223 e. The van der Waals surface area contributed by atoms with Gasteiger partial charge in [0.25, 0.3) is 0 Å². The van der Waals surface area contributed by atoms with Crippen LogP contribution in [0.25, 0.3) is 11.2 Å². The molecule has 1 aliphatic rings. The van der Waals surface area contributed by atoms with E-state index in [1.807, 2.05) is 4.68 Å². The summed E-state index contributed by atoms with van der Waals surface area (Å²) >= 11 is 0. The maximum Gasteiger partial charge on any atom is 0.223 e. The molecule has 3 heterocycles. The number of hydrogen-bond donors (Lipinski definition) is 1. The minimum Gasteiger partial charge on any atom is -0.354 e. The number of amides is 1. The van der Waals surface area contributed by atoms with Crippen molar-refractivity contribution in [3.63, 3.8) is 0 Å². The van der Waals surface area contributed by atoms with E-state index >= 15 is 0 Å². The van der Waals surface area contributed by atoms with Crippen molar-refractivity contribution in [2.75, 3.05) is 26.7 Å². The van der Waals surface area contributed by atoms with Gasteiger partial charge in [0.2, 0.25) is 5.91 Å². The van der Waals surface area contributed by atoms with E-state index in [9.17, 15) is 4.79 Å². The molecule has 0 aliphatic carbocycles. The standard InChI is InChI=1S/C18H28N6O/c1-4-13(5-2)18(25)21-9-11-24-17-16(19-7-8-20-17)15(22-24)14-6-10-23(3)12-14/h7-8,13-14H,4-6,9-12H2,1-3H3,(H,21,25)/t14-/m1/s1. The number of carbonyl (C=O) groups is 1. The molecule has 7 nitrogen and oxygen atoms in total. The van der Waals surface area contributed by atoms with E-state index in [0.29, 0.717) is 19.0 Å². The highest BCUT2D eigenvalue weighted by molar-refractivity contribution is 5.78. The van der Waals surface area contributed by atoms with E-state index in [-0.39, 0.29) is 11.8 Å². The van der Waals surface area contributed by atoms with Crippen molar-refractivity contribution in [3.05, 3.63) is 18.1 Å². The summed E-state index contributed by atoms with van der Waals surface area (Å²) in [7, 11) is 2.14. The average Bonchev–Trinajstić information content (AvgIpc) is 3.20. The zero-order valence-electron chi connectivity index (χ0n) is 15.4. The Kier molecular flexibility index (Phi) is 5.63. The van der Waals surface area contributed by atoms with Crippen LogP contribution in [0.3, 0.4) is 0 Å². The van der Waals surface area contributed by atoms with Crippen molar-refractivity contribution in [3.8, 4) is 0 Å². The molecule has 0 unspecified atom stereocenters. The van der Waals surface area contributed by atoms with Crippen molar-refractivity contribution < 1.29 is 4.79 Å². The first-order chi connectivity index (χ1) is 12.1. The lowest BCUT2D eigenvalue weighted by Crippen LogP contribution is -2.32. The van der Waals surface area contributed by atoms with Gasteiger partial charge in [0.15, 0.2) is 5.65 Å². The maximum atomic E-state index is 12.1. The molecule has 0 saturated carbocycles. The molecule has 1 amide bonds. The van der Waals surface area contributed by atoms with Crippen molar-refractivity contribution >= 4 is 17.1 Å². The number of fused-ring (bicyclic) bond motifs is 1. The molecule has 136 valence electrons. The average molecular weight is 344 g/mol. The van der Waals surface area contributed by atoms with E-state index in [0.717, 1.165) is 49.2 Å². The summed E-state index contributed by atoms with van der Waals surface area (Å²) in [6, 6.07) is 0. The maximum absolute atomic E-state index is 12.1. The minimum absolute atomic E-state index is 0.0961. The molecular formula is C18H28N6O. The van der Waals surface area contributed by atoms with Crippen LogP contribution in [0, 0.1) is 5.92 Å². The molecule has 1 aliphatic heterocycles. The molecule has 1 saturated heterocycles. The number of likely N-dealkylation sites (N-methyl/N-ethyl adjacent to an activating group) is 1. The van der Waals surface area contributed by atoms with Crippen LogP contribution < -0.4 is 5.32 Å². The van der Waals surface area contributed by atoms with Gasteiger partial charge >= 0.3 is 0 Å². The molecule has 1 N–H and O–H groups in total. The van der Waals surface area contributed by atoms with E-state index in [2.05, 4.69) is 41.1 Å². The van der Waals surface area contributed by atoms with Crippen LogP contribution in [0.2, 0.25) is 0 Å². The fourth-order valence-electron chi connectivity index (χ4n) is 3.60. The van der Waals surface area contributed by atoms with E-state index in [4.69, 9.17) is 5.10 Å². The summed E-state index contributed by atoms with van der Waals surface area (Å²) in [6.45, 7) is 7.37. The summed E-state index contributed by atoms with van der Waals surface area (Å²) in [5.41, 5.74) is 2.75. The van der Waals surface area contributed by atoms with Crippen molar-refractivity contribution in [2.45, 2.75) is 45.6 Å². The predicted molar refractivity (Wildman–Crippen MR) is 97.3 cm³/mol. The van der Waals surface area contributed by atoms with Crippen LogP contribution >= 0.6 is 0 Å². The molecule has 1 fully saturated rings. The Morgan fingerprint density at radius 1 is 1.32 bits per heavy atom. The zero-order valence-corrected chi connectivity index (χ0v) is 15.4. The van der Waals surface area contributed by atoms with Gasteiger partial charge in [-0.25, -0.2) is 14.6 Å². The molecule has 0 bridgehead atoms. The third kappa shape index (κ3) is 3.81. The zero-order chi connectivity index (χ0) is 17.8. The molecule has 1 atom stereocenters. The molecule has 2 aromatic heterocycles. The Labute approximate surface area is 148 Å². The Morgan fingerprint density at radius 3 is 2.76 bits per heavy atom. The first-order valence-electron chi connectivity index (χ1n) is 9.27. The fraction of sp³-hybridized carbons (Fsp3) is 0.667. The van der Waals surface area contributed by atoms with Crippen LogP contribution in [-0.4, -0.2) is 57.2 Å². The Morgan fingerprint density at radius 2 is 2.08 bits per heavy atom. The molecule has 25 heavy (non-hydrogen) atoms. The Hall–Kier alpha value is -2.02. The molecule has 2 aromatic rings. The van der Waals surface area contributed by atoms with Crippen molar-refractivity contribution in [1.29, 1.82) is 0 Å². The van der Waals surface area contributed by atoms with Crippen molar-refractivity contribution in [1.82, 2.24) is 30.0 Å². The lowest BCUT2D eigenvalue weighted by Gasteiger charge is -2.12. The third-order valence-corrected chi connectivity index (χ3v) is 5.15. The van der Waals surface area contributed by atoms with Gasteiger partial charge in [-0.15, -0.1) is 0 Å². The second-order valence-corrected chi connectivity index (χ2v) is 6.89. The summed E-state index contributed by atoms with van der Waals surface area (Å²) in [5.74, 6) is 0.633. The number of carbonyl (C=O) groups excluding carboxylic acids is 1. The highest BCUT2D eigenvalue weighted by Gasteiger charge is 2.27. The minimum atomic E-state index is 0.0961. The quantitative estimate of drug-likeness (QED) is 0.829. The highest BCUT2D eigenvalue weighted by atomic mass is 16.1. The largest absolute Gasteiger partial charge is 0.354 e. The topological polar surface area (TPSA) is 75.9 Å².